The largest absolute Gasteiger partial charge is 0.477 e. The molecule has 2 atom stereocenters. The Hall–Kier alpha value is -3.45. The van der Waals surface area contributed by atoms with Crippen LogP contribution in [-0.2, 0) is 9.59 Å². The van der Waals surface area contributed by atoms with Crippen LogP contribution in [0.3, 0.4) is 0 Å². The summed E-state index contributed by atoms with van der Waals surface area (Å²) >= 11 is 7.32. The van der Waals surface area contributed by atoms with Crippen molar-refractivity contribution in [3.63, 3.8) is 0 Å². The highest BCUT2D eigenvalue weighted by Crippen LogP contribution is 2.41. The summed E-state index contributed by atoms with van der Waals surface area (Å²) in [4.78, 5) is 47.6. The van der Waals surface area contributed by atoms with Gasteiger partial charge in [-0.3, -0.25) is 19.8 Å². The number of thioether (sulfide) groups is 1. The third-order valence-corrected chi connectivity index (χ3v) is 6.09. The number of nitrogens with one attached hydrogen (secondary N) is 1. The lowest BCUT2D eigenvalue weighted by Gasteiger charge is -2.49. The zero-order valence-electron chi connectivity index (χ0n) is 15.7. The lowest BCUT2D eigenvalue weighted by Crippen LogP contribution is -2.67. The summed E-state index contributed by atoms with van der Waals surface area (Å²) in [6, 6.07) is 4.56. The molecule has 1 fully saturated rings. The van der Waals surface area contributed by atoms with Crippen LogP contribution in [0.5, 0.6) is 11.8 Å². The highest BCUT2D eigenvalue weighted by molar-refractivity contribution is 8.00. The van der Waals surface area contributed by atoms with Crippen LogP contribution in [0, 0.1) is 10.1 Å². The number of carbonyl (C=O) groups is 2. The van der Waals surface area contributed by atoms with Gasteiger partial charge in [-0.05, 0) is 30.2 Å². The quantitative estimate of drug-likeness (QED) is 0.366. The summed E-state index contributed by atoms with van der Waals surface area (Å²) < 4.78 is 5.41. The zero-order chi connectivity index (χ0) is 22.3. The minimum Gasteiger partial charge on any atom is -0.477 e. The molecule has 4 rings (SSSR count). The Labute approximate surface area is 183 Å². The molecule has 0 spiro atoms. The third kappa shape index (κ3) is 3.84. The first-order valence-corrected chi connectivity index (χ1v) is 10.2. The lowest BCUT2D eigenvalue weighted by atomic mass is 10.0. The maximum absolute atomic E-state index is 12.6. The molecular formula is C17H13ClN6O6S. The molecule has 2 N–H and O–H groups in total. The van der Waals surface area contributed by atoms with E-state index < -0.39 is 28.2 Å². The predicted octanol–water partition coefficient (Wildman–Crippen LogP) is 2.28. The summed E-state index contributed by atoms with van der Waals surface area (Å²) in [5.41, 5.74) is 0.283. The molecule has 0 radical (unpaired) electrons. The number of ether oxygens (including phenoxy) is 1. The molecule has 0 saturated carbocycles. The van der Waals surface area contributed by atoms with Crippen molar-refractivity contribution in [2.24, 2.45) is 0 Å². The Morgan fingerprint density at radius 3 is 2.84 bits per heavy atom. The Morgan fingerprint density at radius 1 is 1.39 bits per heavy atom. The van der Waals surface area contributed by atoms with Crippen molar-refractivity contribution in [2.75, 3.05) is 11.1 Å². The number of anilines is 1. The van der Waals surface area contributed by atoms with E-state index in [1.807, 2.05) is 0 Å². The van der Waals surface area contributed by atoms with E-state index in [-0.39, 0.29) is 34.4 Å². The van der Waals surface area contributed by atoms with Gasteiger partial charge in [-0.25, -0.2) is 4.79 Å². The number of β-lactam (4-membered cyclic amide) rings is 1. The van der Waals surface area contributed by atoms with Gasteiger partial charge >= 0.3 is 17.7 Å². The number of aliphatic carboxylic acids is 1. The fourth-order valence-corrected chi connectivity index (χ4v) is 4.59. The number of fused-ring (bicyclic) bond motifs is 1. The molecule has 1 saturated heterocycles. The van der Waals surface area contributed by atoms with Crippen LogP contribution in [0.2, 0.25) is 5.28 Å². The van der Waals surface area contributed by atoms with Crippen LogP contribution in [-0.4, -0.2) is 58.9 Å². The molecule has 2 aliphatic rings. The van der Waals surface area contributed by atoms with E-state index in [1.54, 1.807) is 13.0 Å². The number of nitro benzene ring substituents is 1. The van der Waals surface area contributed by atoms with Crippen LogP contribution in [0.15, 0.2) is 35.5 Å². The Balaban J connectivity index is 1.55. The minimum atomic E-state index is -1.17. The molecule has 3 heterocycles. The van der Waals surface area contributed by atoms with E-state index >= 15 is 0 Å². The molecule has 1 amide bonds. The second-order valence-electron chi connectivity index (χ2n) is 6.50. The summed E-state index contributed by atoms with van der Waals surface area (Å²) in [7, 11) is 0. The van der Waals surface area contributed by atoms with Gasteiger partial charge < -0.3 is 15.2 Å². The highest BCUT2D eigenvalue weighted by Gasteiger charge is 2.53. The number of benzene rings is 1. The number of nitro groups is 1. The van der Waals surface area contributed by atoms with E-state index in [1.165, 1.54) is 34.9 Å². The smallest absolute Gasteiger partial charge is 0.352 e. The number of nitrogens with zero attached hydrogens (tertiary/aromatic N) is 5. The van der Waals surface area contributed by atoms with Crippen LogP contribution >= 0.6 is 23.4 Å². The van der Waals surface area contributed by atoms with Gasteiger partial charge in [0.1, 0.15) is 17.1 Å². The van der Waals surface area contributed by atoms with Crippen molar-refractivity contribution in [2.45, 2.75) is 18.3 Å². The summed E-state index contributed by atoms with van der Waals surface area (Å²) in [6.07, 6.45) is 0. The summed E-state index contributed by atoms with van der Waals surface area (Å²) in [6.45, 7) is 1.67. The average molecular weight is 465 g/mol. The molecule has 160 valence electrons. The molecule has 2 aromatic rings. The van der Waals surface area contributed by atoms with Crippen molar-refractivity contribution in [1.82, 2.24) is 19.9 Å². The van der Waals surface area contributed by atoms with Gasteiger partial charge in [-0.2, -0.15) is 15.0 Å². The van der Waals surface area contributed by atoms with E-state index in [2.05, 4.69) is 20.3 Å². The molecule has 0 bridgehead atoms. The normalized spacial score (nSPS) is 20.1. The van der Waals surface area contributed by atoms with Crippen LogP contribution in [0.4, 0.5) is 11.6 Å². The maximum atomic E-state index is 12.6. The van der Waals surface area contributed by atoms with E-state index in [4.69, 9.17) is 16.3 Å². The fraction of sp³-hybridized carbons (Fsp3) is 0.235. The molecule has 1 aromatic carbocycles. The number of carbonyl (C=O) groups excluding carboxylic acids is 1. The number of halogens is 1. The van der Waals surface area contributed by atoms with Gasteiger partial charge in [-0.1, -0.05) is 12.1 Å². The Kier molecular flexibility index (Phi) is 5.37. The SMILES string of the molecule is CC1=C(C(=O)O)N2C(=O)[C@@H](Nc3nc(Cl)nc(Oc4ccccc4[N+](=O)[O-])n3)[C@H]2SC1. The van der Waals surface area contributed by atoms with Gasteiger partial charge in [0, 0.05) is 11.8 Å². The average Bonchev–Trinajstić information content (AvgIpc) is 2.71. The number of carboxylic acid groups (broad SMARTS) is 1. The molecular weight excluding hydrogens is 452 g/mol. The Bertz CT molecular complexity index is 1140. The maximum Gasteiger partial charge on any atom is 0.352 e. The van der Waals surface area contributed by atoms with Gasteiger partial charge in [0.25, 0.3) is 5.91 Å². The number of carboxylic acids is 1. The predicted molar refractivity (Wildman–Crippen MR) is 109 cm³/mol. The highest BCUT2D eigenvalue weighted by atomic mass is 35.5. The topological polar surface area (TPSA) is 161 Å². The number of aromatic nitrogens is 3. The first-order chi connectivity index (χ1) is 14.8. The number of para-hydroxylation sites is 2. The lowest BCUT2D eigenvalue weighted by molar-refractivity contribution is -0.385. The fourth-order valence-electron chi connectivity index (χ4n) is 3.15. The van der Waals surface area contributed by atoms with Gasteiger partial charge in [0.2, 0.25) is 17.0 Å². The summed E-state index contributed by atoms with van der Waals surface area (Å²) in [5.74, 6) is -1.35. The van der Waals surface area contributed by atoms with E-state index in [0.29, 0.717) is 11.3 Å². The second kappa shape index (κ2) is 8.00. The second-order valence-corrected chi connectivity index (χ2v) is 7.95. The molecule has 12 nitrogen and oxygen atoms in total. The standard InChI is InChI=1S/C17H13ClN6O6S/c1-7-6-31-13-10(12(25)23(13)11(7)14(26)27)19-16-20-15(18)21-17(22-16)30-9-5-3-2-4-8(9)24(28)29/h2-5,10,13H,6H2,1H3,(H,26,27)(H,19,20,21,22)/t10-,13-/m1/s1. The molecule has 0 unspecified atom stereocenters. The Morgan fingerprint density at radius 2 is 2.13 bits per heavy atom. The zero-order valence-corrected chi connectivity index (χ0v) is 17.3. The minimum absolute atomic E-state index is 0.0270. The first-order valence-electron chi connectivity index (χ1n) is 8.73. The first kappa shape index (κ1) is 20.8. The van der Waals surface area contributed by atoms with Crippen molar-refractivity contribution < 1.29 is 24.4 Å². The molecule has 1 aromatic heterocycles. The van der Waals surface area contributed by atoms with Crippen molar-refractivity contribution in [3.05, 3.63) is 50.9 Å². The van der Waals surface area contributed by atoms with Gasteiger partial charge in [-0.15, -0.1) is 11.8 Å². The van der Waals surface area contributed by atoms with Crippen LogP contribution in [0.1, 0.15) is 6.92 Å². The van der Waals surface area contributed by atoms with Crippen molar-refractivity contribution in [3.8, 4) is 11.8 Å². The molecule has 2 aliphatic heterocycles. The third-order valence-electron chi connectivity index (χ3n) is 4.50. The molecule has 0 aliphatic carbocycles. The molecule has 14 heteroatoms. The number of hydrogen-bond donors (Lipinski definition) is 2. The summed E-state index contributed by atoms with van der Waals surface area (Å²) in [5, 5.41) is 22.7. The van der Waals surface area contributed by atoms with Crippen molar-refractivity contribution in [1.29, 1.82) is 0 Å². The van der Waals surface area contributed by atoms with Crippen LogP contribution in [0.25, 0.3) is 0 Å². The number of hydrogen-bond acceptors (Lipinski definition) is 10. The number of rotatable bonds is 6. The number of amides is 1. The van der Waals surface area contributed by atoms with E-state index in [0.717, 1.165) is 0 Å². The van der Waals surface area contributed by atoms with Crippen LogP contribution < -0.4 is 10.1 Å². The van der Waals surface area contributed by atoms with Crippen molar-refractivity contribution >= 4 is 46.9 Å². The van der Waals surface area contributed by atoms with Gasteiger partial charge in [0.05, 0.1) is 4.92 Å². The molecule has 31 heavy (non-hydrogen) atoms. The monoisotopic (exact) mass is 464 g/mol. The van der Waals surface area contributed by atoms with Gasteiger partial charge in [0.15, 0.2) is 0 Å². The van der Waals surface area contributed by atoms with E-state index in [9.17, 15) is 24.8 Å².